The number of carboxylic acids is 1. The smallest absolute Gasteiger partial charge is 0.315 e. The molecule has 72 valence electrons. The van der Waals surface area contributed by atoms with E-state index in [1.165, 1.54) is 18.2 Å². The Bertz CT molecular complexity index is 398. The number of anilines is 1. The maximum absolute atomic E-state index is 12.7. The van der Waals surface area contributed by atoms with Gasteiger partial charge in [0.25, 0.3) is 0 Å². The summed E-state index contributed by atoms with van der Waals surface area (Å²) >= 11 is 0. The summed E-state index contributed by atoms with van der Waals surface area (Å²) in [6.07, 6.45) is -0.267. The van der Waals surface area contributed by atoms with E-state index in [2.05, 4.69) is 11.8 Å². The lowest BCUT2D eigenvalue weighted by Crippen LogP contribution is -1.91. The van der Waals surface area contributed by atoms with E-state index in [1.807, 2.05) is 0 Å². The molecule has 0 radical (unpaired) electrons. The number of aliphatic carboxylic acids is 1. The summed E-state index contributed by atoms with van der Waals surface area (Å²) in [6.45, 7) is 0. The molecule has 3 N–H and O–H groups in total. The number of hydrogen-bond donors (Lipinski definition) is 2. The Hall–Kier alpha value is -2.02. The van der Waals surface area contributed by atoms with E-state index < -0.39 is 11.8 Å². The molecule has 0 aromatic heterocycles. The molecule has 3 nitrogen and oxygen atoms in total. The summed E-state index contributed by atoms with van der Waals surface area (Å²) in [6, 6.07) is 3.85. The van der Waals surface area contributed by atoms with Crippen molar-refractivity contribution in [2.45, 2.75) is 6.42 Å². The molecule has 0 saturated carbocycles. The number of halogens is 1. The van der Waals surface area contributed by atoms with E-state index in [0.29, 0.717) is 5.56 Å². The molecule has 0 saturated heterocycles. The highest BCUT2D eigenvalue weighted by Crippen LogP contribution is 2.09. The van der Waals surface area contributed by atoms with Gasteiger partial charge in [-0.3, -0.25) is 4.79 Å². The first-order valence-corrected chi connectivity index (χ1v) is 3.84. The predicted molar refractivity (Wildman–Crippen MR) is 49.9 cm³/mol. The molecule has 0 amide bonds. The van der Waals surface area contributed by atoms with Crippen molar-refractivity contribution in [3.63, 3.8) is 0 Å². The zero-order valence-electron chi connectivity index (χ0n) is 7.25. The van der Waals surface area contributed by atoms with Gasteiger partial charge in [-0.25, -0.2) is 4.39 Å². The van der Waals surface area contributed by atoms with Gasteiger partial charge in [0.15, 0.2) is 0 Å². The second kappa shape index (κ2) is 4.28. The Morgan fingerprint density at radius 2 is 2.21 bits per heavy atom. The lowest BCUT2D eigenvalue weighted by molar-refractivity contribution is -0.135. The largest absolute Gasteiger partial charge is 0.481 e. The third kappa shape index (κ3) is 3.15. The second-order valence-corrected chi connectivity index (χ2v) is 2.65. The fraction of sp³-hybridized carbons (Fsp3) is 0.100. The van der Waals surface area contributed by atoms with Crippen LogP contribution in [0.4, 0.5) is 10.1 Å². The minimum absolute atomic E-state index is 0.267. The normalized spacial score (nSPS) is 8.93. The number of benzene rings is 1. The highest BCUT2D eigenvalue weighted by molar-refractivity contribution is 5.70. The molecule has 4 heteroatoms. The molecule has 1 rings (SSSR count). The molecule has 0 aliphatic rings. The quantitative estimate of drug-likeness (QED) is 0.521. The molecule has 0 atom stereocenters. The van der Waals surface area contributed by atoms with Crippen LogP contribution >= 0.6 is 0 Å². The van der Waals surface area contributed by atoms with E-state index in [0.717, 1.165) is 0 Å². The van der Waals surface area contributed by atoms with E-state index in [4.69, 9.17) is 10.8 Å². The Morgan fingerprint density at radius 1 is 1.50 bits per heavy atom. The standard InChI is InChI=1S/C10H8FNO2/c11-8-4-7(5-9(12)6-8)2-1-3-10(13)14/h4-6H,3,12H2,(H,13,14). The monoisotopic (exact) mass is 193 g/mol. The minimum atomic E-state index is -1.01. The number of carboxylic acid groups (broad SMARTS) is 1. The first kappa shape index (κ1) is 10.1. The fourth-order valence-corrected chi connectivity index (χ4v) is 0.906. The van der Waals surface area contributed by atoms with E-state index in [9.17, 15) is 9.18 Å². The SMILES string of the molecule is Nc1cc(F)cc(C#CCC(=O)O)c1. The molecule has 0 aliphatic heterocycles. The molecule has 0 bridgehead atoms. The van der Waals surface area contributed by atoms with Crippen molar-refractivity contribution in [3.05, 3.63) is 29.6 Å². The van der Waals surface area contributed by atoms with E-state index in [1.54, 1.807) is 0 Å². The molecular formula is C10H8FNO2. The van der Waals surface area contributed by atoms with Crippen LogP contribution in [0.1, 0.15) is 12.0 Å². The van der Waals surface area contributed by atoms with Crippen LogP contribution in [0.25, 0.3) is 0 Å². The Morgan fingerprint density at radius 3 is 2.79 bits per heavy atom. The van der Waals surface area contributed by atoms with Crippen molar-refractivity contribution in [1.29, 1.82) is 0 Å². The van der Waals surface area contributed by atoms with Gasteiger partial charge in [0.2, 0.25) is 0 Å². The van der Waals surface area contributed by atoms with Gasteiger partial charge in [0.1, 0.15) is 12.2 Å². The average Bonchev–Trinajstić information content (AvgIpc) is 2.01. The van der Waals surface area contributed by atoms with Crippen LogP contribution in [-0.2, 0) is 4.79 Å². The van der Waals surface area contributed by atoms with Gasteiger partial charge < -0.3 is 10.8 Å². The molecule has 0 aliphatic carbocycles. The second-order valence-electron chi connectivity index (χ2n) is 2.65. The van der Waals surface area contributed by atoms with Crippen LogP contribution in [0, 0.1) is 17.7 Å². The maximum atomic E-state index is 12.7. The summed E-state index contributed by atoms with van der Waals surface area (Å²) in [5.41, 5.74) is 6.01. The summed E-state index contributed by atoms with van der Waals surface area (Å²) in [4.78, 5) is 10.1. The van der Waals surface area contributed by atoms with Gasteiger partial charge in [-0.2, -0.15) is 0 Å². The van der Waals surface area contributed by atoms with Crippen LogP contribution in [-0.4, -0.2) is 11.1 Å². The number of hydrogen-bond acceptors (Lipinski definition) is 2. The molecule has 14 heavy (non-hydrogen) atoms. The molecular weight excluding hydrogens is 185 g/mol. The zero-order valence-corrected chi connectivity index (χ0v) is 7.25. The van der Waals surface area contributed by atoms with Crippen molar-refractivity contribution >= 4 is 11.7 Å². The molecule has 0 unspecified atom stereocenters. The van der Waals surface area contributed by atoms with Gasteiger partial charge in [0.05, 0.1) is 0 Å². The molecule has 1 aromatic rings. The van der Waals surface area contributed by atoms with Crippen molar-refractivity contribution in [1.82, 2.24) is 0 Å². The number of rotatable bonds is 1. The average molecular weight is 193 g/mol. The van der Waals surface area contributed by atoms with Gasteiger partial charge in [-0.05, 0) is 18.2 Å². The van der Waals surface area contributed by atoms with Crippen LogP contribution in [0.3, 0.4) is 0 Å². The number of nitrogens with two attached hydrogens (primary N) is 1. The van der Waals surface area contributed by atoms with E-state index >= 15 is 0 Å². The summed E-state index contributed by atoms with van der Waals surface area (Å²) in [5, 5.41) is 8.30. The van der Waals surface area contributed by atoms with Crippen LogP contribution in [0.2, 0.25) is 0 Å². The van der Waals surface area contributed by atoms with Gasteiger partial charge in [-0.15, -0.1) is 0 Å². The Labute approximate surface area is 80.4 Å². The van der Waals surface area contributed by atoms with Crippen molar-refractivity contribution in [2.24, 2.45) is 0 Å². The van der Waals surface area contributed by atoms with Gasteiger partial charge in [-0.1, -0.05) is 11.8 Å². The summed E-state index contributed by atoms with van der Waals surface area (Å²) < 4.78 is 12.7. The number of carbonyl (C=O) groups is 1. The molecule has 1 aromatic carbocycles. The minimum Gasteiger partial charge on any atom is -0.481 e. The molecule has 0 heterocycles. The lowest BCUT2D eigenvalue weighted by atomic mass is 10.2. The highest BCUT2D eigenvalue weighted by Gasteiger charge is 1.95. The van der Waals surface area contributed by atoms with Crippen LogP contribution < -0.4 is 5.73 Å². The lowest BCUT2D eigenvalue weighted by Gasteiger charge is -1.94. The topological polar surface area (TPSA) is 63.3 Å². The third-order valence-corrected chi connectivity index (χ3v) is 1.39. The fourth-order valence-electron chi connectivity index (χ4n) is 0.906. The first-order valence-electron chi connectivity index (χ1n) is 3.84. The first-order chi connectivity index (χ1) is 6.58. The Balaban J connectivity index is 2.84. The summed E-state index contributed by atoms with van der Waals surface area (Å²) in [5.74, 6) is 3.40. The molecule has 0 fully saturated rings. The molecule has 0 spiro atoms. The predicted octanol–water partition coefficient (Wildman–Crippen LogP) is 1.23. The summed E-state index contributed by atoms with van der Waals surface area (Å²) in [7, 11) is 0. The Kier molecular flexibility index (Phi) is 3.08. The third-order valence-electron chi connectivity index (χ3n) is 1.39. The van der Waals surface area contributed by atoms with Gasteiger partial charge >= 0.3 is 5.97 Å². The maximum Gasteiger partial charge on any atom is 0.315 e. The highest BCUT2D eigenvalue weighted by atomic mass is 19.1. The van der Waals surface area contributed by atoms with E-state index in [-0.39, 0.29) is 12.1 Å². The van der Waals surface area contributed by atoms with Gasteiger partial charge in [0, 0.05) is 11.3 Å². The zero-order chi connectivity index (χ0) is 10.6. The van der Waals surface area contributed by atoms with Crippen molar-refractivity contribution in [2.75, 3.05) is 5.73 Å². The van der Waals surface area contributed by atoms with Crippen LogP contribution in [0.15, 0.2) is 18.2 Å². The van der Waals surface area contributed by atoms with Crippen molar-refractivity contribution in [3.8, 4) is 11.8 Å². The van der Waals surface area contributed by atoms with Crippen LogP contribution in [0.5, 0.6) is 0 Å². The van der Waals surface area contributed by atoms with Crippen molar-refractivity contribution < 1.29 is 14.3 Å². The number of nitrogen functional groups attached to an aromatic ring is 1.